The van der Waals surface area contributed by atoms with Crippen molar-refractivity contribution in [3.05, 3.63) is 0 Å². The minimum atomic E-state index is 0.203. The van der Waals surface area contributed by atoms with Crippen LogP contribution < -0.4 is 0 Å². The zero-order valence-corrected chi connectivity index (χ0v) is 9.70. The molecule has 0 aromatic rings. The van der Waals surface area contributed by atoms with E-state index in [1.54, 1.807) is 0 Å². The van der Waals surface area contributed by atoms with Crippen molar-refractivity contribution in [2.45, 2.75) is 40.2 Å². The van der Waals surface area contributed by atoms with E-state index in [1.165, 1.54) is 0 Å². The maximum atomic E-state index is 4.42. The lowest BCUT2D eigenvalue weighted by atomic mass is 9.73. The van der Waals surface area contributed by atoms with Gasteiger partial charge in [-0.1, -0.05) is 27.7 Å². The highest BCUT2D eigenvalue weighted by Gasteiger charge is 2.44. The van der Waals surface area contributed by atoms with Crippen molar-refractivity contribution in [3.63, 3.8) is 0 Å². The minimum Gasteiger partial charge on any atom is -0.294 e. The van der Waals surface area contributed by atoms with Gasteiger partial charge >= 0.3 is 0 Å². The Kier molecular flexibility index (Phi) is 2.69. The lowest BCUT2D eigenvalue weighted by molar-refractivity contribution is 0.0632. The fraction of sp³-hybridized carbons (Fsp3) is 0.909. The van der Waals surface area contributed by atoms with E-state index in [4.69, 9.17) is 0 Å². The van der Waals surface area contributed by atoms with Crippen molar-refractivity contribution in [2.24, 2.45) is 22.9 Å². The van der Waals surface area contributed by atoms with Gasteiger partial charge in [-0.05, 0) is 18.8 Å². The quantitative estimate of drug-likeness (QED) is 0.641. The predicted molar refractivity (Wildman–Crippen MR) is 57.8 cm³/mol. The van der Waals surface area contributed by atoms with E-state index in [9.17, 15) is 0 Å². The Morgan fingerprint density at radius 1 is 1.31 bits per heavy atom. The second kappa shape index (κ2) is 3.32. The van der Waals surface area contributed by atoms with Crippen molar-refractivity contribution >= 4 is 6.21 Å². The van der Waals surface area contributed by atoms with Crippen LogP contribution in [0.1, 0.15) is 34.6 Å². The van der Waals surface area contributed by atoms with Gasteiger partial charge in [0.2, 0.25) is 0 Å². The average molecular weight is 182 g/mol. The third kappa shape index (κ3) is 1.47. The molecule has 1 aliphatic heterocycles. The fourth-order valence-electron chi connectivity index (χ4n) is 2.27. The van der Waals surface area contributed by atoms with Gasteiger partial charge in [-0.15, -0.1) is 0 Å². The minimum absolute atomic E-state index is 0.203. The molecule has 0 saturated carbocycles. The molecule has 0 aromatic heterocycles. The molecular formula is C11H22N2. The number of hydrazone groups is 1. The SMILES string of the molecule is CC(C)C1C=NN(C)[C@@]1(C)C(C)C. The maximum Gasteiger partial charge on any atom is 0.0651 e. The largest absolute Gasteiger partial charge is 0.294 e. The summed E-state index contributed by atoms with van der Waals surface area (Å²) in [5.74, 6) is 1.88. The smallest absolute Gasteiger partial charge is 0.0651 e. The Morgan fingerprint density at radius 3 is 2.15 bits per heavy atom. The Balaban J connectivity index is 2.93. The Bertz CT molecular complexity index is 208. The van der Waals surface area contributed by atoms with Gasteiger partial charge in [-0.3, -0.25) is 5.01 Å². The van der Waals surface area contributed by atoms with Crippen molar-refractivity contribution in [3.8, 4) is 0 Å². The summed E-state index contributed by atoms with van der Waals surface area (Å²) in [5.41, 5.74) is 0.203. The van der Waals surface area contributed by atoms with Crippen LogP contribution >= 0.6 is 0 Å². The maximum absolute atomic E-state index is 4.42. The highest BCUT2D eigenvalue weighted by molar-refractivity contribution is 5.65. The first-order valence-corrected chi connectivity index (χ1v) is 5.18. The molecule has 0 spiro atoms. The van der Waals surface area contributed by atoms with Gasteiger partial charge in [-0.25, -0.2) is 0 Å². The first kappa shape index (κ1) is 10.6. The zero-order valence-electron chi connectivity index (χ0n) is 9.70. The lowest BCUT2D eigenvalue weighted by Gasteiger charge is -2.41. The Hall–Kier alpha value is -0.530. The fourth-order valence-corrected chi connectivity index (χ4v) is 2.27. The number of hydrogen-bond donors (Lipinski definition) is 0. The molecule has 0 saturated heterocycles. The van der Waals surface area contributed by atoms with Crippen LogP contribution in [0.4, 0.5) is 0 Å². The zero-order chi connectivity index (χ0) is 10.2. The third-order valence-corrected chi connectivity index (χ3v) is 3.66. The normalized spacial score (nSPS) is 33.8. The van der Waals surface area contributed by atoms with Gasteiger partial charge < -0.3 is 0 Å². The summed E-state index contributed by atoms with van der Waals surface area (Å²) in [5, 5.41) is 6.55. The van der Waals surface area contributed by atoms with Gasteiger partial charge in [0, 0.05) is 19.2 Å². The standard InChI is InChI=1S/C11H22N2/c1-8(2)10-7-12-13(6)11(10,5)9(3)4/h7-10H,1-6H3/t10?,11-/m0/s1. The molecule has 0 fully saturated rings. The van der Waals surface area contributed by atoms with Gasteiger partial charge in [0.05, 0.1) is 5.54 Å². The molecule has 13 heavy (non-hydrogen) atoms. The molecule has 0 N–H and O–H groups in total. The van der Waals surface area contributed by atoms with Crippen LogP contribution in [0.2, 0.25) is 0 Å². The molecule has 1 rings (SSSR count). The molecule has 1 unspecified atom stereocenters. The molecular weight excluding hydrogens is 160 g/mol. The van der Waals surface area contributed by atoms with E-state index in [1.807, 2.05) is 0 Å². The first-order chi connectivity index (χ1) is 5.90. The molecule has 0 aromatic carbocycles. The van der Waals surface area contributed by atoms with E-state index < -0.39 is 0 Å². The molecule has 0 aliphatic carbocycles. The van der Waals surface area contributed by atoms with E-state index in [-0.39, 0.29) is 5.54 Å². The van der Waals surface area contributed by atoms with Crippen LogP contribution in [0, 0.1) is 17.8 Å². The van der Waals surface area contributed by atoms with Crippen LogP contribution in [-0.4, -0.2) is 23.8 Å². The van der Waals surface area contributed by atoms with Crippen molar-refractivity contribution in [1.29, 1.82) is 0 Å². The van der Waals surface area contributed by atoms with E-state index in [0.717, 1.165) is 0 Å². The highest BCUT2D eigenvalue weighted by Crippen LogP contribution is 2.38. The molecule has 76 valence electrons. The van der Waals surface area contributed by atoms with Crippen LogP contribution in [0.15, 0.2) is 5.10 Å². The van der Waals surface area contributed by atoms with Crippen LogP contribution in [0.3, 0.4) is 0 Å². The van der Waals surface area contributed by atoms with Crippen LogP contribution in [0.25, 0.3) is 0 Å². The number of hydrogen-bond acceptors (Lipinski definition) is 2. The summed E-state index contributed by atoms with van der Waals surface area (Å²) in [7, 11) is 2.08. The molecule has 1 heterocycles. The van der Waals surface area contributed by atoms with Crippen LogP contribution in [-0.2, 0) is 0 Å². The Labute approximate surface area is 82.0 Å². The van der Waals surface area contributed by atoms with Crippen molar-refractivity contribution < 1.29 is 0 Å². The van der Waals surface area contributed by atoms with Crippen LogP contribution in [0.5, 0.6) is 0 Å². The lowest BCUT2D eigenvalue weighted by Crippen LogP contribution is -2.49. The van der Waals surface area contributed by atoms with E-state index in [2.05, 4.69) is 58.0 Å². The van der Waals surface area contributed by atoms with Gasteiger partial charge in [-0.2, -0.15) is 5.10 Å². The number of nitrogens with zero attached hydrogens (tertiary/aromatic N) is 2. The number of rotatable bonds is 2. The summed E-state index contributed by atoms with van der Waals surface area (Å²) < 4.78 is 0. The first-order valence-electron chi connectivity index (χ1n) is 5.18. The summed E-state index contributed by atoms with van der Waals surface area (Å²) in [6.07, 6.45) is 2.12. The Morgan fingerprint density at radius 2 is 1.85 bits per heavy atom. The van der Waals surface area contributed by atoms with Crippen molar-refractivity contribution in [1.82, 2.24) is 5.01 Å². The summed E-state index contributed by atoms with van der Waals surface area (Å²) in [6.45, 7) is 11.4. The van der Waals surface area contributed by atoms with E-state index in [0.29, 0.717) is 17.8 Å². The third-order valence-electron chi connectivity index (χ3n) is 3.66. The van der Waals surface area contributed by atoms with E-state index >= 15 is 0 Å². The van der Waals surface area contributed by atoms with Gasteiger partial charge in [0.1, 0.15) is 0 Å². The molecule has 2 heteroatoms. The van der Waals surface area contributed by atoms with Crippen molar-refractivity contribution in [2.75, 3.05) is 7.05 Å². The summed E-state index contributed by atoms with van der Waals surface area (Å²) in [6, 6.07) is 0. The summed E-state index contributed by atoms with van der Waals surface area (Å²) >= 11 is 0. The molecule has 2 atom stereocenters. The molecule has 0 bridgehead atoms. The molecule has 0 amide bonds. The second-order valence-corrected chi connectivity index (χ2v) is 4.94. The summed E-state index contributed by atoms with van der Waals surface area (Å²) in [4.78, 5) is 0. The molecule has 0 radical (unpaired) electrons. The molecule has 2 nitrogen and oxygen atoms in total. The second-order valence-electron chi connectivity index (χ2n) is 4.94. The predicted octanol–water partition coefficient (Wildman–Crippen LogP) is 2.60. The van der Waals surface area contributed by atoms with Gasteiger partial charge in [0.15, 0.2) is 0 Å². The molecule has 1 aliphatic rings. The van der Waals surface area contributed by atoms with Gasteiger partial charge in [0.25, 0.3) is 0 Å². The topological polar surface area (TPSA) is 15.6 Å². The monoisotopic (exact) mass is 182 g/mol. The highest BCUT2D eigenvalue weighted by atomic mass is 15.5. The average Bonchev–Trinajstić information content (AvgIpc) is 2.30.